The summed E-state index contributed by atoms with van der Waals surface area (Å²) in [6.45, 7) is -0.245. The van der Waals surface area contributed by atoms with Gasteiger partial charge < -0.3 is 15.7 Å². The molecule has 2 amide bonds. The Balaban J connectivity index is 1.57. The zero-order valence-corrected chi connectivity index (χ0v) is 14.6. The number of anilines is 1. The quantitative estimate of drug-likeness (QED) is 0.625. The van der Waals surface area contributed by atoms with Gasteiger partial charge in [-0.25, -0.2) is 9.18 Å². The van der Waals surface area contributed by atoms with Crippen LogP contribution in [0.4, 0.5) is 14.9 Å². The number of urea groups is 1. The van der Waals surface area contributed by atoms with Crippen LogP contribution in [-0.4, -0.2) is 28.8 Å². The van der Waals surface area contributed by atoms with Crippen molar-refractivity contribution < 1.29 is 14.3 Å². The predicted octanol–water partition coefficient (Wildman–Crippen LogP) is 3.61. The number of amides is 2. The molecule has 0 radical (unpaired) electrons. The molecule has 0 spiro atoms. The molecule has 0 bridgehead atoms. The molecule has 1 heterocycles. The molecule has 27 heavy (non-hydrogen) atoms. The van der Waals surface area contributed by atoms with Gasteiger partial charge in [-0.15, -0.1) is 0 Å². The van der Waals surface area contributed by atoms with Crippen molar-refractivity contribution in [1.82, 2.24) is 10.3 Å². The summed E-state index contributed by atoms with van der Waals surface area (Å²) in [6.07, 6.45) is 3.79. The van der Waals surface area contributed by atoms with Crippen molar-refractivity contribution in [2.75, 3.05) is 11.9 Å². The summed E-state index contributed by atoms with van der Waals surface area (Å²) < 4.78 is 13.3. The molecule has 0 saturated heterocycles. The Bertz CT molecular complexity index is 885. The summed E-state index contributed by atoms with van der Waals surface area (Å²) in [5.41, 5.74) is 3.39. The number of aliphatic hydroxyl groups excluding tert-OH is 1. The number of aromatic nitrogens is 1. The van der Waals surface area contributed by atoms with Crippen molar-refractivity contribution in [3.05, 3.63) is 84.4 Å². The number of aliphatic hydroxyl groups is 1. The third kappa shape index (κ3) is 5.36. The van der Waals surface area contributed by atoms with Gasteiger partial charge in [0.25, 0.3) is 0 Å². The maximum Gasteiger partial charge on any atom is 0.319 e. The SMILES string of the molecule is O=C(Nc1ccc(-c2ccncc2)cc1)N[C@@H](CO)Cc1cccc(F)c1. The minimum absolute atomic E-state index is 0.245. The fraction of sp³-hybridized carbons (Fsp3) is 0.143. The van der Waals surface area contributed by atoms with E-state index in [1.807, 2.05) is 24.3 Å². The van der Waals surface area contributed by atoms with Crippen molar-refractivity contribution in [1.29, 1.82) is 0 Å². The molecule has 0 aliphatic heterocycles. The molecule has 3 N–H and O–H groups in total. The molecule has 3 rings (SSSR count). The second-order valence-electron chi connectivity index (χ2n) is 6.13. The second-order valence-corrected chi connectivity index (χ2v) is 6.13. The van der Waals surface area contributed by atoms with E-state index in [-0.39, 0.29) is 12.4 Å². The van der Waals surface area contributed by atoms with Crippen molar-refractivity contribution in [3.8, 4) is 11.1 Å². The number of carbonyl (C=O) groups excluding carboxylic acids is 1. The van der Waals surface area contributed by atoms with E-state index in [2.05, 4.69) is 15.6 Å². The molecule has 0 fully saturated rings. The van der Waals surface area contributed by atoms with Gasteiger partial charge in [-0.05, 0) is 59.5 Å². The first-order valence-corrected chi connectivity index (χ1v) is 8.57. The number of nitrogens with one attached hydrogen (secondary N) is 2. The number of hydrogen-bond donors (Lipinski definition) is 3. The van der Waals surface area contributed by atoms with Crippen LogP contribution in [0.2, 0.25) is 0 Å². The van der Waals surface area contributed by atoms with Gasteiger partial charge >= 0.3 is 6.03 Å². The zero-order chi connectivity index (χ0) is 19.1. The first-order chi connectivity index (χ1) is 13.1. The van der Waals surface area contributed by atoms with Gasteiger partial charge in [0.2, 0.25) is 0 Å². The van der Waals surface area contributed by atoms with E-state index >= 15 is 0 Å². The summed E-state index contributed by atoms with van der Waals surface area (Å²) in [7, 11) is 0. The Kier molecular flexibility index (Phi) is 6.12. The number of rotatable bonds is 6. The van der Waals surface area contributed by atoms with E-state index in [0.29, 0.717) is 17.7 Å². The monoisotopic (exact) mass is 365 g/mol. The molecule has 138 valence electrons. The molecular weight excluding hydrogens is 345 g/mol. The van der Waals surface area contributed by atoms with Crippen LogP contribution in [0.15, 0.2) is 73.1 Å². The Morgan fingerprint density at radius 2 is 1.74 bits per heavy atom. The number of halogens is 1. The summed E-state index contributed by atoms with van der Waals surface area (Å²) >= 11 is 0. The lowest BCUT2D eigenvalue weighted by atomic mass is 10.1. The van der Waals surface area contributed by atoms with Gasteiger partial charge in [0.05, 0.1) is 12.6 Å². The Morgan fingerprint density at radius 3 is 2.41 bits per heavy atom. The number of carbonyl (C=O) groups is 1. The van der Waals surface area contributed by atoms with E-state index in [4.69, 9.17) is 0 Å². The molecule has 1 aromatic heterocycles. The molecule has 0 saturated carbocycles. The van der Waals surface area contributed by atoms with Crippen LogP contribution in [0.3, 0.4) is 0 Å². The molecule has 5 nitrogen and oxygen atoms in total. The van der Waals surface area contributed by atoms with Crippen molar-refractivity contribution >= 4 is 11.7 Å². The van der Waals surface area contributed by atoms with Crippen LogP contribution in [0.1, 0.15) is 5.56 Å². The van der Waals surface area contributed by atoms with Gasteiger partial charge in [0, 0.05) is 18.1 Å². The molecule has 6 heteroatoms. The minimum atomic E-state index is -0.511. The Morgan fingerprint density at radius 1 is 1.04 bits per heavy atom. The van der Waals surface area contributed by atoms with Crippen LogP contribution >= 0.6 is 0 Å². The molecule has 3 aromatic rings. The lowest BCUT2D eigenvalue weighted by Gasteiger charge is -2.17. The average Bonchev–Trinajstić information content (AvgIpc) is 2.69. The third-order valence-corrected chi connectivity index (χ3v) is 4.08. The number of hydrogen-bond acceptors (Lipinski definition) is 3. The van der Waals surface area contributed by atoms with Crippen LogP contribution in [0, 0.1) is 5.82 Å². The highest BCUT2D eigenvalue weighted by atomic mass is 19.1. The maximum absolute atomic E-state index is 13.3. The van der Waals surface area contributed by atoms with Crippen molar-refractivity contribution in [2.45, 2.75) is 12.5 Å². The summed E-state index contributed by atoms with van der Waals surface area (Å²) in [6, 6.07) is 16.4. The fourth-order valence-corrected chi connectivity index (χ4v) is 2.75. The third-order valence-electron chi connectivity index (χ3n) is 4.08. The van der Waals surface area contributed by atoms with Crippen LogP contribution in [0.5, 0.6) is 0 Å². The summed E-state index contributed by atoms with van der Waals surface area (Å²) in [5, 5.41) is 14.9. The normalized spacial score (nSPS) is 11.6. The van der Waals surface area contributed by atoms with Gasteiger partial charge in [0.15, 0.2) is 0 Å². The number of benzene rings is 2. The highest BCUT2D eigenvalue weighted by molar-refractivity contribution is 5.89. The standard InChI is InChI=1S/C21H20FN3O2/c22-18-3-1-2-15(12-18)13-20(14-26)25-21(27)24-19-6-4-16(5-7-19)17-8-10-23-11-9-17/h1-12,20,26H,13-14H2,(H2,24,25,27)/t20-/m1/s1. The van der Waals surface area contributed by atoms with E-state index < -0.39 is 12.1 Å². The van der Waals surface area contributed by atoms with Crippen molar-refractivity contribution in [3.63, 3.8) is 0 Å². The molecular formula is C21H20FN3O2. The topological polar surface area (TPSA) is 74.2 Å². The fourth-order valence-electron chi connectivity index (χ4n) is 2.75. The molecule has 2 aromatic carbocycles. The predicted molar refractivity (Wildman–Crippen MR) is 103 cm³/mol. The van der Waals surface area contributed by atoms with E-state index in [9.17, 15) is 14.3 Å². The van der Waals surface area contributed by atoms with E-state index in [1.54, 1.807) is 36.7 Å². The summed E-state index contributed by atoms with van der Waals surface area (Å²) in [4.78, 5) is 16.2. The maximum atomic E-state index is 13.3. The Hall–Kier alpha value is -3.25. The van der Waals surface area contributed by atoms with Gasteiger partial charge in [0.1, 0.15) is 5.82 Å². The summed E-state index contributed by atoms with van der Waals surface area (Å²) in [5.74, 6) is -0.345. The van der Waals surface area contributed by atoms with Crippen LogP contribution in [0.25, 0.3) is 11.1 Å². The first kappa shape index (κ1) is 18.5. The largest absolute Gasteiger partial charge is 0.394 e. The number of nitrogens with zero attached hydrogens (tertiary/aromatic N) is 1. The average molecular weight is 365 g/mol. The van der Waals surface area contributed by atoms with Crippen molar-refractivity contribution in [2.24, 2.45) is 0 Å². The molecule has 1 atom stereocenters. The molecule has 0 aliphatic carbocycles. The van der Waals surface area contributed by atoms with E-state index in [0.717, 1.165) is 11.1 Å². The lowest BCUT2D eigenvalue weighted by molar-refractivity contribution is 0.224. The second kappa shape index (κ2) is 8.91. The van der Waals surface area contributed by atoms with E-state index in [1.165, 1.54) is 12.1 Å². The van der Waals surface area contributed by atoms with Crippen LogP contribution < -0.4 is 10.6 Å². The zero-order valence-electron chi connectivity index (χ0n) is 14.6. The van der Waals surface area contributed by atoms with Gasteiger partial charge in [-0.3, -0.25) is 4.98 Å². The molecule has 0 unspecified atom stereocenters. The lowest BCUT2D eigenvalue weighted by Crippen LogP contribution is -2.41. The first-order valence-electron chi connectivity index (χ1n) is 8.57. The highest BCUT2D eigenvalue weighted by Crippen LogP contribution is 2.20. The minimum Gasteiger partial charge on any atom is -0.394 e. The highest BCUT2D eigenvalue weighted by Gasteiger charge is 2.13. The number of pyridine rings is 1. The van der Waals surface area contributed by atoms with Gasteiger partial charge in [-0.1, -0.05) is 24.3 Å². The Labute approximate surface area is 156 Å². The molecule has 0 aliphatic rings. The van der Waals surface area contributed by atoms with Crippen LogP contribution in [-0.2, 0) is 6.42 Å². The smallest absolute Gasteiger partial charge is 0.319 e. The van der Waals surface area contributed by atoms with Gasteiger partial charge in [-0.2, -0.15) is 0 Å².